The highest BCUT2D eigenvalue weighted by atomic mass is 19.2. The summed E-state index contributed by atoms with van der Waals surface area (Å²) in [6.45, 7) is 3.44. The molecule has 1 unspecified atom stereocenters. The maximum Gasteiger partial charge on any atom is 0.220 e. The van der Waals surface area contributed by atoms with E-state index in [1.165, 1.54) is 6.07 Å². The van der Waals surface area contributed by atoms with Gasteiger partial charge in [-0.25, -0.2) is 8.78 Å². The predicted octanol–water partition coefficient (Wildman–Crippen LogP) is 2.22. The summed E-state index contributed by atoms with van der Waals surface area (Å²) in [6.07, 6.45) is 1.45. The molecule has 0 saturated carbocycles. The number of primary amides is 1. The molecule has 1 amide bonds. The minimum atomic E-state index is -0.830. The lowest BCUT2D eigenvalue weighted by Gasteiger charge is -2.35. The van der Waals surface area contributed by atoms with Crippen molar-refractivity contribution in [1.82, 2.24) is 4.90 Å². The number of likely N-dealkylation sites (tertiary alicyclic amines) is 1. The first-order valence-electron chi connectivity index (χ1n) is 6.47. The molecule has 1 atom stereocenters. The average molecular weight is 268 g/mol. The maximum absolute atomic E-state index is 13.2. The van der Waals surface area contributed by atoms with E-state index in [0.29, 0.717) is 0 Å². The summed E-state index contributed by atoms with van der Waals surface area (Å²) in [6, 6.07) is 3.99. The Bertz CT molecular complexity index is 471. The van der Waals surface area contributed by atoms with E-state index in [9.17, 15) is 13.6 Å². The Hall–Kier alpha value is -1.49. The summed E-state index contributed by atoms with van der Waals surface area (Å²) in [5, 5.41) is 0. The van der Waals surface area contributed by atoms with E-state index >= 15 is 0 Å². The van der Waals surface area contributed by atoms with Crippen molar-refractivity contribution in [2.45, 2.75) is 25.8 Å². The number of amides is 1. The third kappa shape index (κ3) is 3.10. The van der Waals surface area contributed by atoms with Gasteiger partial charge in [0.05, 0.1) is 0 Å². The van der Waals surface area contributed by atoms with Gasteiger partial charge in [0.2, 0.25) is 5.91 Å². The first-order chi connectivity index (χ1) is 8.99. The van der Waals surface area contributed by atoms with Gasteiger partial charge < -0.3 is 5.73 Å². The van der Waals surface area contributed by atoms with Crippen molar-refractivity contribution in [1.29, 1.82) is 0 Å². The molecule has 0 bridgehead atoms. The van der Waals surface area contributed by atoms with Crippen LogP contribution in [0, 0.1) is 17.6 Å². The SMILES string of the molecule is CC(c1ccc(F)c(F)c1)N1CCC(C(N)=O)CC1. The average Bonchev–Trinajstić information content (AvgIpc) is 2.41. The minimum absolute atomic E-state index is 0.00364. The molecule has 0 radical (unpaired) electrons. The number of carbonyl (C=O) groups excluding carboxylic acids is 1. The topological polar surface area (TPSA) is 46.3 Å². The van der Waals surface area contributed by atoms with Crippen LogP contribution in [-0.4, -0.2) is 23.9 Å². The zero-order valence-electron chi connectivity index (χ0n) is 10.9. The van der Waals surface area contributed by atoms with Crippen molar-refractivity contribution in [2.24, 2.45) is 11.7 Å². The van der Waals surface area contributed by atoms with E-state index in [1.54, 1.807) is 6.07 Å². The van der Waals surface area contributed by atoms with Crippen LogP contribution in [0.2, 0.25) is 0 Å². The molecule has 2 N–H and O–H groups in total. The first-order valence-corrected chi connectivity index (χ1v) is 6.47. The Labute approximate surface area is 111 Å². The number of nitrogens with zero attached hydrogens (tertiary/aromatic N) is 1. The Morgan fingerprint density at radius 3 is 2.47 bits per heavy atom. The van der Waals surface area contributed by atoms with E-state index in [0.717, 1.165) is 37.6 Å². The van der Waals surface area contributed by atoms with E-state index in [1.807, 2.05) is 6.92 Å². The van der Waals surface area contributed by atoms with E-state index in [4.69, 9.17) is 5.73 Å². The largest absolute Gasteiger partial charge is 0.369 e. The van der Waals surface area contributed by atoms with Crippen molar-refractivity contribution in [3.05, 3.63) is 35.4 Å². The van der Waals surface area contributed by atoms with Gasteiger partial charge in [-0.3, -0.25) is 9.69 Å². The van der Waals surface area contributed by atoms with Gasteiger partial charge in [-0.05, 0) is 50.6 Å². The summed E-state index contributed by atoms with van der Waals surface area (Å²) in [5.74, 6) is -1.96. The summed E-state index contributed by atoms with van der Waals surface area (Å²) >= 11 is 0. The van der Waals surface area contributed by atoms with Crippen LogP contribution < -0.4 is 5.73 Å². The Morgan fingerprint density at radius 2 is 1.95 bits per heavy atom. The maximum atomic E-state index is 13.2. The smallest absolute Gasteiger partial charge is 0.220 e. The van der Waals surface area contributed by atoms with Crippen LogP contribution in [0.3, 0.4) is 0 Å². The van der Waals surface area contributed by atoms with Gasteiger partial charge in [0, 0.05) is 12.0 Å². The van der Waals surface area contributed by atoms with Crippen molar-refractivity contribution in [3.8, 4) is 0 Å². The Balaban J connectivity index is 2.02. The molecule has 1 heterocycles. The second kappa shape index (κ2) is 5.65. The summed E-state index contributed by atoms with van der Waals surface area (Å²) in [4.78, 5) is 13.3. The normalized spacial score (nSPS) is 19.3. The molecule has 1 aromatic carbocycles. The number of hydrogen-bond acceptors (Lipinski definition) is 2. The summed E-state index contributed by atoms with van der Waals surface area (Å²) < 4.78 is 26.1. The number of benzene rings is 1. The highest BCUT2D eigenvalue weighted by molar-refractivity contribution is 5.76. The molecule has 2 rings (SSSR count). The molecule has 19 heavy (non-hydrogen) atoms. The van der Waals surface area contributed by atoms with Gasteiger partial charge in [-0.15, -0.1) is 0 Å². The lowest BCUT2D eigenvalue weighted by Crippen LogP contribution is -2.39. The van der Waals surface area contributed by atoms with E-state index in [-0.39, 0.29) is 17.9 Å². The zero-order valence-corrected chi connectivity index (χ0v) is 10.9. The monoisotopic (exact) mass is 268 g/mol. The van der Waals surface area contributed by atoms with Crippen LogP contribution in [0.15, 0.2) is 18.2 Å². The molecule has 0 aromatic heterocycles. The third-order valence-electron chi connectivity index (χ3n) is 3.91. The highest BCUT2D eigenvalue weighted by Crippen LogP contribution is 2.27. The third-order valence-corrected chi connectivity index (χ3v) is 3.91. The number of nitrogens with two attached hydrogens (primary N) is 1. The number of halogens is 2. The summed E-state index contributed by atoms with van der Waals surface area (Å²) in [5.41, 5.74) is 6.03. The Morgan fingerprint density at radius 1 is 1.32 bits per heavy atom. The van der Waals surface area contributed by atoms with Gasteiger partial charge in [-0.2, -0.15) is 0 Å². The molecule has 104 valence electrons. The predicted molar refractivity (Wildman–Crippen MR) is 68.3 cm³/mol. The van der Waals surface area contributed by atoms with Gasteiger partial charge in [-0.1, -0.05) is 6.07 Å². The molecule has 3 nitrogen and oxygen atoms in total. The van der Waals surface area contributed by atoms with Gasteiger partial charge in [0.15, 0.2) is 11.6 Å². The fourth-order valence-electron chi connectivity index (χ4n) is 2.55. The molecule has 1 fully saturated rings. The van der Waals surface area contributed by atoms with Crippen molar-refractivity contribution < 1.29 is 13.6 Å². The standard InChI is InChI=1S/C14H18F2N2O/c1-9(11-2-3-12(15)13(16)8-11)18-6-4-10(5-7-18)14(17)19/h2-3,8-10H,4-7H2,1H3,(H2,17,19). The van der Waals surface area contributed by atoms with E-state index in [2.05, 4.69) is 4.90 Å². The lowest BCUT2D eigenvalue weighted by molar-refractivity contribution is -0.123. The summed E-state index contributed by atoms with van der Waals surface area (Å²) in [7, 11) is 0. The molecule has 1 aliphatic heterocycles. The molecule has 5 heteroatoms. The van der Waals surface area contributed by atoms with Gasteiger partial charge in [0.25, 0.3) is 0 Å². The van der Waals surface area contributed by atoms with Gasteiger partial charge in [0.1, 0.15) is 0 Å². The van der Waals surface area contributed by atoms with E-state index < -0.39 is 11.6 Å². The van der Waals surface area contributed by atoms with Crippen LogP contribution in [0.1, 0.15) is 31.4 Å². The van der Waals surface area contributed by atoms with Crippen LogP contribution in [0.25, 0.3) is 0 Å². The van der Waals surface area contributed by atoms with Crippen LogP contribution in [-0.2, 0) is 4.79 Å². The first kappa shape index (κ1) is 13.9. The number of hydrogen-bond donors (Lipinski definition) is 1. The van der Waals surface area contributed by atoms with Crippen molar-refractivity contribution >= 4 is 5.91 Å². The molecule has 1 aliphatic rings. The highest BCUT2D eigenvalue weighted by Gasteiger charge is 2.26. The lowest BCUT2D eigenvalue weighted by atomic mass is 9.94. The van der Waals surface area contributed by atoms with Crippen molar-refractivity contribution in [2.75, 3.05) is 13.1 Å². The zero-order chi connectivity index (χ0) is 14.0. The second-order valence-corrected chi connectivity index (χ2v) is 5.06. The fourth-order valence-corrected chi connectivity index (χ4v) is 2.55. The molecule has 0 aliphatic carbocycles. The molecular weight excluding hydrogens is 250 g/mol. The number of carbonyl (C=O) groups is 1. The Kier molecular flexibility index (Phi) is 4.14. The van der Waals surface area contributed by atoms with Crippen LogP contribution >= 0.6 is 0 Å². The second-order valence-electron chi connectivity index (χ2n) is 5.06. The van der Waals surface area contributed by atoms with Gasteiger partial charge >= 0.3 is 0 Å². The van der Waals surface area contributed by atoms with Crippen LogP contribution in [0.5, 0.6) is 0 Å². The molecular formula is C14H18F2N2O. The van der Waals surface area contributed by atoms with Crippen molar-refractivity contribution in [3.63, 3.8) is 0 Å². The molecule has 0 spiro atoms. The quantitative estimate of drug-likeness (QED) is 0.913. The fraction of sp³-hybridized carbons (Fsp3) is 0.500. The number of rotatable bonds is 3. The number of piperidine rings is 1. The molecule has 1 saturated heterocycles. The molecule has 1 aromatic rings. The minimum Gasteiger partial charge on any atom is -0.369 e. The van der Waals surface area contributed by atoms with Crippen LogP contribution in [0.4, 0.5) is 8.78 Å².